The van der Waals surface area contributed by atoms with E-state index in [1.165, 1.54) is 11.1 Å². The average Bonchev–Trinajstić information content (AvgIpc) is 2.41. The van der Waals surface area contributed by atoms with E-state index in [9.17, 15) is 0 Å². The van der Waals surface area contributed by atoms with Crippen LogP contribution in [0.3, 0.4) is 0 Å². The van der Waals surface area contributed by atoms with Gasteiger partial charge < -0.3 is 5.32 Å². The quantitative estimate of drug-likeness (QED) is 0.837. The van der Waals surface area contributed by atoms with Gasteiger partial charge in [0.15, 0.2) is 0 Å². The van der Waals surface area contributed by atoms with E-state index in [0.717, 1.165) is 22.4 Å². The molecule has 1 N–H and O–H groups in total. The molecule has 1 aromatic carbocycles. The summed E-state index contributed by atoms with van der Waals surface area (Å²) in [6.07, 6.45) is 1.80. The lowest BCUT2D eigenvalue weighted by Crippen LogP contribution is -2.03. The zero-order chi connectivity index (χ0) is 13.0. The van der Waals surface area contributed by atoms with E-state index in [0.29, 0.717) is 5.88 Å². The summed E-state index contributed by atoms with van der Waals surface area (Å²) in [5.74, 6) is 1.41. The molecule has 0 saturated carbocycles. The molecule has 2 rings (SSSR count). The third-order valence-electron chi connectivity index (χ3n) is 2.69. The molecule has 0 aliphatic heterocycles. The van der Waals surface area contributed by atoms with Crippen LogP contribution in [-0.4, -0.2) is 4.98 Å². The van der Waals surface area contributed by atoms with Crippen molar-refractivity contribution in [1.82, 2.24) is 4.98 Å². The smallest absolute Gasteiger partial charge is 0.140 e. The van der Waals surface area contributed by atoms with Crippen molar-refractivity contribution in [2.75, 3.05) is 5.32 Å². The van der Waals surface area contributed by atoms with Crippen LogP contribution in [0.25, 0.3) is 0 Å². The van der Waals surface area contributed by atoms with Crippen LogP contribution in [0.15, 0.2) is 41.0 Å². The Morgan fingerprint density at radius 1 is 1.28 bits per heavy atom. The highest BCUT2D eigenvalue weighted by Crippen LogP contribution is 2.23. The summed E-state index contributed by atoms with van der Waals surface area (Å²) in [5, 5.41) is 3.32. The molecular formula is C14H14BrClN2. The number of halogens is 2. The zero-order valence-corrected chi connectivity index (χ0v) is 12.4. The van der Waals surface area contributed by atoms with Gasteiger partial charge in [-0.1, -0.05) is 24.3 Å². The summed E-state index contributed by atoms with van der Waals surface area (Å²) in [6.45, 7) is 2.78. The molecule has 0 fully saturated rings. The summed E-state index contributed by atoms with van der Waals surface area (Å²) < 4.78 is 1.01. The highest BCUT2D eigenvalue weighted by molar-refractivity contribution is 9.10. The molecule has 0 aliphatic rings. The number of hydrogen-bond donors (Lipinski definition) is 1. The summed E-state index contributed by atoms with van der Waals surface area (Å²) in [5.41, 5.74) is 3.50. The largest absolute Gasteiger partial charge is 0.365 e. The summed E-state index contributed by atoms with van der Waals surface area (Å²) >= 11 is 9.36. The third kappa shape index (κ3) is 3.24. The fourth-order valence-electron chi connectivity index (χ4n) is 1.67. The van der Waals surface area contributed by atoms with Crippen molar-refractivity contribution in [1.29, 1.82) is 0 Å². The normalized spacial score (nSPS) is 10.4. The average molecular weight is 326 g/mol. The van der Waals surface area contributed by atoms with Gasteiger partial charge >= 0.3 is 0 Å². The zero-order valence-electron chi connectivity index (χ0n) is 10.1. The molecule has 1 heterocycles. The highest BCUT2D eigenvalue weighted by atomic mass is 79.9. The number of alkyl halides is 1. The van der Waals surface area contributed by atoms with E-state index < -0.39 is 0 Å². The Morgan fingerprint density at radius 3 is 2.83 bits per heavy atom. The second kappa shape index (κ2) is 6.21. The number of aryl methyl sites for hydroxylation is 1. The van der Waals surface area contributed by atoms with Gasteiger partial charge in [0.1, 0.15) is 5.82 Å². The summed E-state index contributed by atoms with van der Waals surface area (Å²) in [6, 6.07) is 10.2. The van der Waals surface area contributed by atoms with E-state index in [2.05, 4.69) is 38.4 Å². The number of rotatable bonds is 4. The molecule has 0 spiro atoms. The molecule has 0 bridgehead atoms. The first kappa shape index (κ1) is 13.4. The molecule has 0 amide bonds. The second-order valence-corrected chi connectivity index (χ2v) is 5.16. The van der Waals surface area contributed by atoms with Crippen molar-refractivity contribution in [3.63, 3.8) is 0 Å². The van der Waals surface area contributed by atoms with Gasteiger partial charge in [0.25, 0.3) is 0 Å². The predicted octanol–water partition coefficient (Wildman–Crippen LogP) is 4.50. The molecule has 0 atom stereocenters. The molecule has 0 saturated heterocycles. The monoisotopic (exact) mass is 324 g/mol. The predicted molar refractivity (Wildman–Crippen MR) is 80.0 cm³/mol. The fourth-order valence-corrected chi connectivity index (χ4v) is 2.21. The molecule has 4 heteroatoms. The molecule has 0 unspecified atom stereocenters. The Bertz CT molecular complexity index is 543. The number of anilines is 1. The van der Waals surface area contributed by atoms with Crippen molar-refractivity contribution in [2.45, 2.75) is 19.3 Å². The van der Waals surface area contributed by atoms with Crippen molar-refractivity contribution in [3.05, 3.63) is 57.7 Å². The molecule has 2 nitrogen and oxygen atoms in total. The van der Waals surface area contributed by atoms with Crippen LogP contribution in [0.1, 0.15) is 16.7 Å². The van der Waals surface area contributed by atoms with Crippen LogP contribution in [0.2, 0.25) is 0 Å². The molecule has 94 valence electrons. The molecule has 1 aromatic heterocycles. The van der Waals surface area contributed by atoms with Gasteiger partial charge in [0.2, 0.25) is 0 Å². The maximum Gasteiger partial charge on any atom is 0.140 e. The molecule has 18 heavy (non-hydrogen) atoms. The Labute approximate surface area is 121 Å². The SMILES string of the molecule is Cc1ccnc(NCc2cccc(CCl)c2)c1Br. The van der Waals surface area contributed by atoms with E-state index in [1.54, 1.807) is 6.20 Å². The van der Waals surface area contributed by atoms with Gasteiger partial charge in [0.05, 0.1) is 4.47 Å². The fraction of sp³-hybridized carbons (Fsp3) is 0.214. The topological polar surface area (TPSA) is 24.9 Å². The van der Waals surface area contributed by atoms with Gasteiger partial charge in [0, 0.05) is 18.6 Å². The third-order valence-corrected chi connectivity index (χ3v) is 4.00. The number of hydrogen-bond acceptors (Lipinski definition) is 2. The molecular weight excluding hydrogens is 312 g/mol. The highest BCUT2D eigenvalue weighted by Gasteiger charge is 2.03. The Balaban J connectivity index is 2.09. The van der Waals surface area contributed by atoms with Crippen LogP contribution in [0.5, 0.6) is 0 Å². The number of nitrogens with zero attached hydrogens (tertiary/aromatic N) is 1. The van der Waals surface area contributed by atoms with E-state index >= 15 is 0 Å². The lowest BCUT2D eigenvalue weighted by atomic mass is 10.1. The molecule has 0 aliphatic carbocycles. The number of pyridine rings is 1. The van der Waals surface area contributed by atoms with E-state index in [4.69, 9.17) is 11.6 Å². The molecule has 2 aromatic rings. The maximum atomic E-state index is 5.82. The Hall–Kier alpha value is -1.06. The van der Waals surface area contributed by atoms with Crippen LogP contribution < -0.4 is 5.32 Å². The Kier molecular flexibility index (Phi) is 4.61. The number of aromatic nitrogens is 1. The maximum absolute atomic E-state index is 5.82. The van der Waals surface area contributed by atoms with Gasteiger partial charge in [-0.2, -0.15) is 0 Å². The van der Waals surface area contributed by atoms with Crippen LogP contribution in [0.4, 0.5) is 5.82 Å². The van der Waals surface area contributed by atoms with Crippen molar-refractivity contribution < 1.29 is 0 Å². The lowest BCUT2D eigenvalue weighted by molar-refractivity contribution is 1.09. The van der Waals surface area contributed by atoms with Crippen LogP contribution in [-0.2, 0) is 12.4 Å². The minimum Gasteiger partial charge on any atom is -0.365 e. The van der Waals surface area contributed by atoms with Gasteiger partial charge in [-0.3, -0.25) is 0 Å². The van der Waals surface area contributed by atoms with Gasteiger partial charge in [-0.05, 0) is 45.6 Å². The van der Waals surface area contributed by atoms with E-state index in [-0.39, 0.29) is 0 Å². The Morgan fingerprint density at radius 2 is 2.06 bits per heavy atom. The first-order chi connectivity index (χ1) is 8.70. The van der Waals surface area contributed by atoms with Crippen molar-refractivity contribution in [2.24, 2.45) is 0 Å². The van der Waals surface area contributed by atoms with Gasteiger partial charge in [-0.25, -0.2) is 4.98 Å². The van der Waals surface area contributed by atoms with Crippen molar-refractivity contribution in [3.8, 4) is 0 Å². The first-order valence-electron chi connectivity index (χ1n) is 5.69. The summed E-state index contributed by atoms with van der Waals surface area (Å²) in [7, 11) is 0. The summed E-state index contributed by atoms with van der Waals surface area (Å²) in [4.78, 5) is 4.31. The minimum atomic E-state index is 0.542. The van der Waals surface area contributed by atoms with E-state index in [1.807, 2.05) is 25.1 Å². The standard InChI is InChI=1S/C14H14BrClN2/c1-10-5-6-17-14(13(10)15)18-9-12-4-2-3-11(7-12)8-16/h2-7H,8-9H2,1H3,(H,17,18). The first-order valence-corrected chi connectivity index (χ1v) is 7.02. The number of nitrogens with one attached hydrogen (secondary N) is 1. The van der Waals surface area contributed by atoms with Crippen LogP contribution in [0, 0.1) is 6.92 Å². The second-order valence-electron chi connectivity index (χ2n) is 4.10. The molecule has 0 radical (unpaired) electrons. The van der Waals surface area contributed by atoms with Gasteiger partial charge in [-0.15, -0.1) is 11.6 Å². The van der Waals surface area contributed by atoms with Crippen molar-refractivity contribution >= 4 is 33.3 Å². The minimum absolute atomic E-state index is 0.542. The van der Waals surface area contributed by atoms with Crippen LogP contribution >= 0.6 is 27.5 Å². The number of benzene rings is 1. The lowest BCUT2D eigenvalue weighted by Gasteiger charge is -2.09.